The van der Waals surface area contributed by atoms with Crippen LogP contribution in [0.2, 0.25) is 0 Å². The van der Waals surface area contributed by atoms with E-state index >= 15 is 0 Å². The lowest BCUT2D eigenvalue weighted by Gasteiger charge is -2.36. The molecule has 21 aromatic rings. The van der Waals surface area contributed by atoms with Gasteiger partial charge in [-0.2, -0.15) is 0 Å². The Bertz CT molecular complexity index is 7770. The van der Waals surface area contributed by atoms with E-state index in [0.29, 0.717) is 0 Å². The van der Waals surface area contributed by atoms with Gasteiger partial charge in [0.1, 0.15) is 17.5 Å². The largest absolute Gasteiger partial charge is 0.296 e. The van der Waals surface area contributed by atoms with Crippen LogP contribution in [-0.4, -0.2) is 28.7 Å². The molecule has 24 rings (SSSR count). The zero-order valence-corrected chi connectivity index (χ0v) is 70.4. The molecule has 18 aromatic carbocycles. The predicted molar refractivity (Wildman–Crippen MR) is 513 cm³/mol. The van der Waals surface area contributed by atoms with Crippen LogP contribution in [0.25, 0.3) is 182 Å². The van der Waals surface area contributed by atoms with Gasteiger partial charge < -0.3 is 0 Å². The molecule has 122 heavy (non-hydrogen) atoms. The predicted octanol–water partition coefficient (Wildman–Crippen LogP) is 30.1. The molecule has 0 saturated carbocycles. The van der Waals surface area contributed by atoms with Crippen molar-refractivity contribution < 1.29 is 0 Å². The third-order valence-corrected chi connectivity index (χ3v) is 27.0. The molecule has 3 aliphatic rings. The average molecular weight is 1570 g/mol. The van der Waals surface area contributed by atoms with Gasteiger partial charge in [-0.05, 0) is 226 Å². The molecule has 0 fully saturated rings. The molecule has 6 nitrogen and oxygen atoms in total. The maximum atomic E-state index is 5.14. The van der Waals surface area contributed by atoms with Gasteiger partial charge in [0.15, 0.2) is 0 Å². The Labute approximate surface area is 712 Å². The maximum Gasteiger partial charge on any atom is 0.114 e. The molecule has 0 saturated heterocycles. The second kappa shape index (κ2) is 28.7. The molecule has 0 atom stereocenters. The summed E-state index contributed by atoms with van der Waals surface area (Å²) in [6, 6.07) is 131. The number of hydrogen-bond donors (Lipinski definition) is 0. The van der Waals surface area contributed by atoms with Gasteiger partial charge >= 0.3 is 0 Å². The number of hydrogen-bond acceptors (Lipinski definition) is 3. The summed E-state index contributed by atoms with van der Waals surface area (Å²) in [5, 5.41) is 12.8. The zero-order chi connectivity index (χ0) is 82.4. The first kappa shape index (κ1) is 74.0. The number of rotatable bonds is 10. The molecule has 0 N–H and O–H groups in total. The summed E-state index contributed by atoms with van der Waals surface area (Å²) in [6.45, 7) is 20.8. The van der Waals surface area contributed by atoms with E-state index < -0.39 is 0 Å². The second-order valence-electron chi connectivity index (χ2n) is 34.8. The van der Waals surface area contributed by atoms with Crippen LogP contribution in [0.4, 0.5) is 0 Å². The molecule has 586 valence electrons. The summed E-state index contributed by atoms with van der Waals surface area (Å²) in [5.74, 6) is 3.36. The van der Waals surface area contributed by atoms with Gasteiger partial charge in [-0.15, -0.1) is 0 Å². The van der Waals surface area contributed by atoms with Crippen LogP contribution in [0.3, 0.4) is 0 Å². The van der Waals surface area contributed by atoms with Gasteiger partial charge in [0.25, 0.3) is 0 Å². The van der Waals surface area contributed by atoms with Crippen molar-refractivity contribution in [2.24, 2.45) is 0 Å². The molecule has 6 heteroatoms. The number of imidazole rings is 3. The normalized spacial score (nSPS) is 13.6. The lowest BCUT2D eigenvalue weighted by atomic mass is 9.71. The van der Waals surface area contributed by atoms with Crippen molar-refractivity contribution >= 4 is 87.0 Å². The topological polar surface area (TPSA) is 53.5 Å². The SMILES string of the molecule is CCc1nc2cc(-c3ccc(-c4ccc5ccccc5c4)cc3)cc3c2n1-c1ccccc1C3(C)C.CCc1nc2ccc(-c3c4ccccc4c(-c4ccccc4)c4ccccc34)c3c2n1-c1ccccc1C3(C)C.CCc1nc2cccc3c2n1-c1ccc(-c2ccc4c(-c5ccccc5)c5ccccc5c(-c5ccccc5)c4c2)cc1C3(C)C. The lowest BCUT2D eigenvalue weighted by molar-refractivity contribution is 0.625. The maximum absolute atomic E-state index is 5.14. The Morgan fingerprint density at radius 3 is 1.16 bits per heavy atom. The summed E-state index contributed by atoms with van der Waals surface area (Å²) in [5.41, 5.74) is 36.0. The Hall–Kier alpha value is -14.3. The summed E-state index contributed by atoms with van der Waals surface area (Å²) in [7, 11) is 0. The monoisotopic (exact) mass is 1570 g/mol. The van der Waals surface area contributed by atoms with Crippen molar-refractivity contribution in [1.29, 1.82) is 0 Å². The third kappa shape index (κ3) is 11.5. The van der Waals surface area contributed by atoms with E-state index in [2.05, 4.69) is 434 Å². The van der Waals surface area contributed by atoms with Crippen LogP contribution in [0.1, 0.15) is 113 Å². The molecule has 0 amide bonds. The van der Waals surface area contributed by atoms with Crippen molar-refractivity contribution in [1.82, 2.24) is 28.7 Å². The van der Waals surface area contributed by atoms with Crippen LogP contribution < -0.4 is 0 Å². The third-order valence-electron chi connectivity index (χ3n) is 27.0. The minimum Gasteiger partial charge on any atom is -0.296 e. The molecule has 6 heterocycles. The Balaban J connectivity index is 0.000000110. The van der Waals surface area contributed by atoms with E-state index in [0.717, 1.165) is 53.3 Å². The number of aromatic nitrogens is 6. The van der Waals surface area contributed by atoms with E-state index in [1.807, 2.05) is 0 Å². The summed E-state index contributed by atoms with van der Waals surface area (Å²) < 4.78 is 7.22. The Morgan fingerprint density at radius 2 is 0.598 bits per heavy atom. The molecule has 0 bridgehead atoms. The van der Waals surface area contributed by atoms with Crippen molar-refractivity contribution in [2.45, 2.75) is 97.8 Å². The fourth-order valence-electron chi connectivity index (χ4n) is 21.1. The van der Waals surface area contributed by atoms with Gasteiger partial charge in [-0.3, -0.25) is 13.7 Å². The number of fused-ring (bicyclic) bond motifs is 11. The van der Waals surface area contributed by atoms with Crippen molar-refractivity contribution in [3.63, 3.8) is 0 Å². The second-order valence-corrected chi connectivity index (χ2v) is 34.8. The molecule has 0 unspecified atom stereocenters. The van der Waals surface area contributed by atoms with Crippen molar-refractivity contribution in [3.05, 3.63) is 409 Å². The minimum atomic E-state index is -0.202. The summed E-state index contributed by atoms with van der Waals surface area (Å²) in [4.78, 5) is 15.3. The quantitative estimate of drug-likeness (QED) is 0.128. The molecular weight excluding hydrogens is 1480 g/mol. The average Bonchev–Trinajstić information content (AvgIpc) is 1.44. The van der Waals surface area contributed by atoms with E-state index in [4.69, 9.17) is 15.0 Å². The highest BCUT2D eigenvalue weighted by Gasteiger charge is 2.41. The number of para-hydroxylation sites is 3. The molecular formula is C116H92N6. The summed E-state index contributed by atoms with van der Waals surface area (Å²) in [6.07, 6.45) is 2.68. The van der Waals surface area contributed by atoms with E-state index in [9.17, 15) is 0 Å². The van der Waals surface area contributed by atoms with E-state index in [1.165, 1.54) is 199 Å². The standard InChI is InChI=1S/C44H34N2.C38H30N2.C34H28N2/c1-4-40-45-38-21-13-20-36-43(38)46(40)39-25-23-31(27-37(39)44(36,2)3)30-22-24-34-35(26-30)42(29-16-9-6-10-17-29)33-19-12-11-18-32(33)41(34)28-14-7-5-8-15-28;1-4-33-39-31-23-22-29(36-37(31)40(33)32-21-13-12-20-30(32)38(36,2)3)35-27-18-10-8-16-25(27)34(24-14-6-5-7-15-24)26-17-9-11-19-28(26)35;1-4-32-35-30-21-27(20-29-33(30)36(32)31-12-8-7-11-28(31)34(29,2)3)24-15-13-23(14-16-24)26-18-17-22-9-5-6-10-25(22)19-26/h5-27H,4H2,1-3H3;5-23H,4H2,1-3H3;5-21H,4H2,1-3H3. The smallest absolute Gasteiger partial charge is 0.114 e. The van der Waals surface area contributed by atoms with E-state index in [-0.39, 0.29) is 16.2 Å². The van der Waals surface area contributed by atoms with Crippen LogP contribution in [0.15, 0.2) is 358 Å². The van der Waals surface area contributed by atoms with Crippen molar-refractivity contribution in [2.75, 3.05) is 0 Å². The van der Waals surface area contributed by atoms with Crippen LogP contribution in [-0.2, 0) is 35.5 Å². The van der Waals surface area contributed by atoms with Gasteiger partial charge in [-0.25, -0.2) is 15.0 Å². The fourth-order valence-corrected chi connectivity index (χ4v) is 21.1. The molecule has 0 aliphatic carbocycles. The van der Waals surface area contributed by atoms with E-state index in [1.54, 1.807) is 0 Å². The Kier molecular flexibility index (Phi) is 17.4. The highest BCUT2D eigenvalue weighted by atomic mass is 15.1. The van der Waals surface area contributed by atoms with Gasteiger partial charge in [-0.1, -0.05) is 360 Å². The molecule has 3 aliphatic heterocycles. The molecule has 0 spiro atoms. The first-order chi connectivity index (χ1) is 59.7. The van der Waals surface area contributed by atoms with Crippen molar-refractivity contribution in [3.8, 4) is 95.0 Å². The zero-order valence-electron chi connectivity index (χ0n) is 70.4. The number of benzene rings is 18. The highest BCUT2D eigenvalue weighted by Crippen LogP contribution is 2.55. The first-order valence-electron chi connectivity index (χ1n) is 43.3. The lowest BCUT2D eigenvalue weighted by Crippen LogP contribution is -2.27. The minimum absolute atomic E-state index is 0.100. The first-order valence-corrected chi connectivity index (χ1v) is 43.3. The Morgan fingerprint density at radius 1 is 0.221 bits per heavy atom. The van der Waals surface area contributed by atoms with Gasteiger partial charge in [0.2, 0.25) is 0 Å². The van der Waals surface area contributed by atoms with Gasteiger partial charge in [0.05, 0.1) is 50.2 Å². The highest BCUT2D eigenvalue weighted by molar-refractivity contribution is 6.24. The van der Waals surface area contributed by atoms with Crippen LogP contribution >= 0.6 is 0 Å². The molecule has 3 aromatic heterocycles. The van der Waals surface area contributed by atoms with Crippen LogP contribution in [0, 0.1) is 0 Å². The van der Waals surface area contributed by atoms with Gasteiger partial charge in [0, 0.05) is 35.5 Å². The fraction of sp³-hybridized carbons (Fsp3) is 0.129. The number of aryl methyl sites for hydroxylation is 3. The van der Waals surface area contributed by atoms with Crippen LogP contribution in [0.5, 0.6) is 0 Å². The number of nitrogens with zero attached hydrogens (tertiary/aromatic N) is 6. The molecule has 0 radical (unpaired) electrons. The summed E-state index contributed by atoms with van der Waals surface area (Å²) >= 11 is 0.